The van der Waals surface area contributed by atoms with E-state index in [-0.39, 0.29) is 27.1 Å². The molecule has 0 saturated heterocycles. The van der Waals surface area contributed by atoms with Crippen molar-refractivity contribution in [2.24, 2.45) is 0 Å². The van der Waals surface area contributed by atoms with Crippen LogP contribution in [0, 0.1) is 0 Å². The van der Waals surface area contributed by atoms with E-state index < -0.39 is 10.0 Å². The first-order chi connectivity index (χ1) is 14.9. The third kappa shape index (κ3) is 4.97. The molecule has 7 heteroatoms. The lowest BCUT2D eigenvalue weighted by Crippen LogP contribution is -2.17. The number of halogens is 1. The number of anilines is 1. The highest BCUT2D eigenvalue weighted by Crippen LogP contribution is 2.33. The molecule has 31 heavy (non-hydrogen) atoms. The summed E-state index contributed by atoms with van der Waals surface area (Å²) in [7, 11) is -3.92. The van der Waals surface area contributed by atoms with Gasteiger partial charge in [0.05, 0.1) is 15.5 Å². The summed E-state index contributed by atoms with van der Waals surface area (Å²) in [5, 5.41) is 0.249. The molecular weight excluding hydrogens is 432 g/mol. The van der Waals surface area contributed by atoms with Gasteiger partial charge < -0.3 is 0 Å². The highest BCUT2D eigenvalue weighted by atomic mass is 35.5. The maximum absolute atomic E-state index is 13.0. The number of hydrogen-bond donors (Lipinski definition) is 1. The van der Waals surface area contributed by atoms with Crippen LogP contribution >= 0.6 is 11.6 Å². The van der Waals surface area contributed by atoms with Crippen molar-refractivity contribution in [1.29, 1.82) is 0 Å². The predicted octanol–water partition coefficient (Wildman–Crippen LogP) is 5.81. The highest BCUT2D eigenvalue weighted by Gasteiger charge is 2.22. The number of nitrogens with one attached hydrogen (secondary N) is 1. The second-order valence-corrected chi connectivity index (χ2v) is 9.87. The molecule has 0 bridgehead atoms. The van der Waals surface area contributed by atoms with E-state index in [4.69, 9.17) is 11.6 Å². The number of carbonyl (C=O) groups excluding carboxylic acids is 1. The van der Waals surface area contributed by atoms with E-state index in [1.165, 1.54) is 37.1 Å². The second kappa shape index (κ2) is 9.20. The first kappa shape index (κ1) is 21.5. The van der Waals surface area contributed by atoms with Crippen molar-refractivity contribution in [1.82, 2.24) is 4.98 Å². The Hall–Kier alpha value is -2.70. The maximum atomic E-state index is 13.0. The van der Waals surface area contributed by atoms with Gasteiger partial charge in [0, 0.05) is 11.8 Å². The monoisotopic (exact) mass is 454 g/mol. The Balaban J connectivity index is 1.60. The minimum Gasteiger partial charge on any atom is -0.288 e. The summed E-state index contributed by atoms with van der Waals surface area (Å²) in [6, 6.07) is 17.0. The molecule has 3 aromatic rings. The van der Waals surface area contributed by atoms with Crippen LogP contribution in [0.25, 0.3) is 0 Å². The molecule has 1 saturated carbocycles. The van der Waals surface area contributed by atoms with Gasteiger partial charge in [0.2, 0.25) is 0 Å². The number of pyridine rings is 1. The molecular formula is C24H23ClN2O3S. The summed E-state index contributed by atoms with van der Waals surface area (Å²) in [6.07, 6.45) is 7.30. The standard InChI is InChI=1S/C24H23ClN2O3S/c25-20-15-22(23(28)19-9-5-2-6-10-19)24(26-16-20)27-31(29,30)21-13-11-18(12-14-21)17-7-3-1-4-8-17/h2,5-6,9-17H,1,3-4,7-8H2,(H,26,27). The number of benzene rings is 2. The highest BCUT2D eigenvalue weighted by molar-refractivity contribution is 7.92. The van der Waals surface area contributed by atoms with E-state index in [2.05, 4.69) is 9.71 Å². The molecule has 5 nitrogen and oxygen atoms in total. The van der Waals surface area contributed by atoms with Crippen molar-refractivity contribution in [2.75, 3.05) is 4.72 Å². The fourth-order valence-electron chi connectivity index (χ4n) is 3.98. The van der Waals surface area contributed by atoms with Gasteiger partial charge in [-0.15, -0.1) is 0 Å². The number of sulfonamides is 1. The van der Waals surface area contributed by atoms with Crippen LogP contribution in [0.3, 0.4) is 0 Å². The van der Waals surface area contributed by atoms with Crippen LogP contribution in [-0.2, 0) is 10.0 Å². The first-order valence-electron chi connectivity index (χ1n) is 10.3. The van der Waals surface area contributed by atoms with Gasteiger partial charge in [-0.05, 0) is 42.5 Å². The Morgan fingerprint density at radius 2 is 1.65 bits per heavy atom. The third-order valence-corrected chi connectivity index (χ3v) is 7.19. The molecule has 0 amide bonds. The van der Waals surface area contributed by atoms with Gasteiger partial charge in [0.15, 0.2) is 11.6 Å². The number of nitrogens with zero attached hydrogens (tertiary/aromatic N) is 1. The van der Waals surface area contributed by atoms with Gasteiger partial charge in [-0.25, -0.2) is 13.4 Å². The molecule has 0 spiro atoms. The Bertz CT molecular complexity index is 1170. The van der Waals surface area contributed by atoms with E-state index in [9.17, 15) is 13.2 Å². The largest absolute Gasteiger partial charge is 0.288 e. The topological polar surface area (TPSA) is 76.1 Å². The van der Waals surface area contributed by atoms with Crippen molar-refractivity contribution >= 4 is 33.2 Å². The summed E-state index contributed by atoms with van der Waals surface area (Å²) in [6.45, 7) is 0. The lowest BCUT2D eigenvalue weighted by atomic mass is 9.84. The molecule has 0 aliphatic heterocycles. The zero-order valence-corrected chi connectivity index (χ0v) is 18.5. The Morgan fingerprint density at radius 3 is 2.32 bits per heavy atom. The second-order valence-electron chi connectivity index (χ2n) is 7.75. The van der Waals surface area contributed by atoms with Gasteiger partial charge in [-0.3, -0.25) is 9.52 Å². The van der Waals surface area contributed by atoms with Crippen LogP contribution in [0.5, 0.6) is 0 Å². The zero-order chi connectivity index (χ0) is 21.8. The Labute approximate surface area is 187 Å². The van der Waals surface area contributed by atoms with Crippen molar-refractivity contribution < 1.29 is 13.2 Å². The number of hydrogen-bond acceptors (Lipinski definition) is 4. The normalized spacial score (nSPS) is 14.9. The van der Waals surface area contributed by atoms with Crippen LogP contribution in [-0.4, -0.2) is 19.2 Å². The van der Waals surface area contributed by atoms with Crippen LogP contribution < -0.4 is 4.72 Å². The fraction of sp³-hybridized carbons (Fsp3) is 0.250. The Morgan fingerprint density at radius 1 is 0.968 bits per heavy atom. The van der Waals surface area contributed by atoms with Crippen molar-refractivity contribution in [3.63, 3.8) is 0 Å². The molecule has 0 atom stereocenters. The average Bonchev–Trinajstić information content (AvgIpc) is 2.81. The molecule has 160 valence electrons. The first-order valence-corrected chi connectivity index (χ1v) is 12.2. The van der Waals surface area contributed by atoms with Crippen molar-refractivity contribution in [3.8, 4) is 0 Å². The summed E-state index contributed by atoms with van der Waals surface area (Å²) in [5.41, 5.74) is 1.69. The smallest absolute Gasteiger partial charge is 0.263 e. The number of carbonyl (C=O) groups is 1. The van der Waals surface area contributed by atoms with Gasteiger partial charge in [0.25, 0.3) is 10.0 Å². The third-order valence-electron chi connectivity index (χ3n) is 5.63. The van der Waals surface area contributed by atoms with Gasteiger partial charge in [-0.2, -0.15) is 0 Å². The predicted molar refractivity (Wildman–Crippen MR) is 122 cm³/mol. The summed E-state index contributed by atoms with van der Waals surface area (Å²) < 4.78 is 28.4. The average molecular weight is 455 g/mol. The number of aromatic nitrogens is 1. The van der Waals surface area contributed by atoms with E-state index in [0.717, 1.165) is 12.8 Å². The van der Waals surface area contributed by atoms with Crippen LogP contribution in [0.2, 0.25) is 5.02 Å². The SMILES string of the molecule is O=C(c1ccccc1)c1cc(Cl)cnc1NS(=O)(=O)c1ccc(C2CCCCC2)cc1. The lowest BCUT2D eigenvalue weighted by Gasteiger charge is -2.22. The van der Waals surface area contributed by atoms with E-state index in [1.807, 2.05) is 12.1 Å². The van der Waals surface area contributed by atoms with Crippen LogP contribution in [0.1, 0.15) is 59.5 Å². The maximum Gasteiger partial charge on any atom is 0.263 e. The lowest BCUT2D eigenvalue weighted by molar-refractivity contribution is 0.103. The molecule has 1 fully saturated rings. The van der Waals surface area contributed by atoms with Gasteiger partial charge >= 0.3 is 0 Å². The van der Waals surface area contributed by atoms with Crippen LogP contribution in [0.15, 0.2) is 71.8 Å². The van der Waals surface area contributed by atoms with E-state index in [0.29, 0.717) is 11.5 Å². The molecule has 1 aliphatic rings. The number of ketones is 1. The van der Waals surface area contributed by atoms with Gasteiger partial charge in [0.1, 0.15) is 0 Å². The molecule has 0 radical (unpaired) electrons. The van der Waals surface area contributed by atoms with E-state index >= 15 is 0 Å². The van der Waals surface area contributed by atoms with Crippen molar-refractivity contribution in [3.05, 3.63) is 88.6 Å². The Kier molecular flexibility index (Phi) is 6.39. The van der Waals surface area contributed by atoms with Gasteiger partial charge in [-0.1, -0.05) is 73.3 Å². The number of rotatable bonds is 6. The molecule has 1 heterocycles. The minimum absolute atomic E-state index is 0.0467. The molecule has 0 unspecified atom stereocenters. The zero-order valence-electron chi connectivity index (χ0n) is 16.9. The molecule has 1 aliphatic carbocycles. The van der Waals surface area contributed by atoms with Crippen LogP contribution in [0.4, 0.5) is 5.82 Å². The molecule has 1 N–H and O–H groups in total. The molecule has 2 aromatic carbocycles. The quantitative estimate of drug-likeness (QED) is 0.476. The summed E-state index contributed by atoms with van der Waals surface area (Å²) in [5.74, 6) is 0.0852. The van der Waals surface area contributed by atoms with Crippen molar-refractivity contribution in [2.45, 2.75) is 42.9 Å². The fourth-order valence-corrected chi connectivity index (χ4v) is 5.17. The molecule has 1 aromatic heterocycles. The summed E-state index contributed by atoms with van der Waals surface area (Å²) >= 11 is 6.04. The molecule has 4 rings (SSSR count). The minimum atomic E-state index is -3.92. The van der Waals surface area contributed by atoms with E-state index in [1.54, 1.807) is 42.5 Å². The summed E-state index contributed by atoms with van der Waals surface area (Å²) in [4.78, 5) is 17.1.